The summed E-state index contributed by atoms with van der Waals surface area (Å²) in [5.74, 6) is -0.582. The Bertz CT molecular complexity index is 1710. The van der Waals surface area contributed by atoms with E-state index in [1.165, 1.54) is 10.6 Å². The van der Waals surface area contributed by atoms with Gasteiger partial charge in [0.1, 0.15) is 11.5 Å². The van der Waals surface area contributed by atoms with Crippen molar-refractivity contribution >= 4 is 28.5 Å². The van der Waals surface area contributed by atoms with Crippen LogP contribution in [0.4, 0.5) is 8.78 Å². The number of aromatic amines is 1. The van der Waals surface area contributed by atoms with Crippen LogP contribution in [0.3, 0.4) is 0 Å². The van der Waals surface area contributed by atoms with Gasteiger partial charge in [-0.1, -0.05) is 24.1 Å². The Morgan fingerprint density at radius 1 is 1.27 bits per heavy atom. The standard InChI is InChI=1S/C32H38ClF2N7O2/c1-18(36)38-11-10-22-6-3-7-28(39-22)24-9-8-23(15-27(24)34)42-16-20-14-29(40-31(20)41-32(42)44)25-12-19(13-26(33)30(25)35)4-2-5-21(37)17-43/h8-9,12-16,21-22,28,39,43H,2-7,10-11,17,37H2,1H3,(H2,36,38)(H,40,41,44)/t21?,22-,28-/m0/s1. The molecule has 0 bridgehead atoms. The number of H-pyrrole nitrogens is 1. The summed E-state index contributed by atoms with van der Waals surface area (Å²) in [6, 6.07) is 9.49. The Morgan fingerprint density at radius 2 is 2.09 bits per heavy atom. The van der Waals surface area contributed by atoms with Gasteiger partial charge in [-0.15, -0.1) is 0 Å². The first-order valence-electron chi connectivity index (χ1n) is 14.9. The van der Waals surface area contributed by atoms with Crippen molar-refractivity contribution in [2.75, 3.05) is 13.2 Å². The fraction of sp³-hybridized carbons (Fsp3) is 0.406. The van der Waals surface area contributed by atoms with Gasteiger partial charge in [-0.2, -0.15) is 4.98 Å². The van der Waals surface area contributed by atoms with Crippen molar-refractivity contribution in [3.63, 3.8) is 0 Å². The molecule has 0 aliphatic carbocycles. The smallest absolute Gasteiger partial charge is 0.354 e. The first-order chi connectivity index (χ1) is 21.1. The van der Waals surface area contributed by atoms with Crippen LogP contribution < -0.4 is 22.1 Å². The maximum Gasteiger partial charge on any atom is 0.354 e. The number of nitrogens with one attached hydrogen (secondary N) is 4. The zero-order chi connectivity index (χ0) is 31.4. The number of rotatable bonds is 11. The topological polar surface area (TPSA) is 145 Å². The molecule has 44 heavy (non-hydrogen) atoms. The lowest BCUT2D eigenvalue weighted by Crippen LogP contribution is -2.39. The molecular weight excluding hydrogens is 588 g/mol. The van der Waals surface area contributed by atoms with Crippen LogP contribution in [0.2, 0.25) is 5.02 Å². The number of nitrogens with zero attached hydrogens (tertiary/aromatic N) is 2. The first kappa shape index (κ1) is 31.8. The first-order valence-corrected chi connectivity index (χ1v) is 15.3. The number of aliphatic hydroxyl groups excluding tert-OH is 1. The summed E-state index contributed by atoms with van der Waals surface area (Å²) in [6.45, 7) is 2.29. The number of aryl methyl sites for hydroxylation is 1. The van der Waals surface area contributed by atoms with Crippen molar-refractivity contribution in [1.29, 1.82) is 5.41 Å². The van der Waals surface area contributed by atoms with Gasteiger partial charge >= 0.3 is 5.69 Å². The number of fused-ring (bicyclic) bond motifs is 1. The van der Waals surface area contributed by atoms with E-state index in [9.17, 15) is 4.79 Å². The lowest BCUT2D eigenvalue weighted by Gasteiger charge is -2.32. The lowest BCUT2D eigenvalue weighted by molar-refractivity contribution is 0.258. The number of hydrogen-bond donors (Lipinski definition) is 6. The van der Waals surface area contributed by atoms with E-state index in [-0.39, 0.29) is 41.0 Å². The van der Waals surface area contributed by atoms with Gasteiger partial charge in [0.15, 0.2) is 5.82 Å². The maximum atomic E-state index is 15.5. The van der Waals surface area contributed by atoms with Gasteiger partial charge in [0.05, 0.1) is 28.8 Å². The van der Waals surface area contributed by atoms with Gasteiger partial charge < -0.3 is 26.5 Å². The Labute approximate surface area is 259 Å². The van der Waals surface area contributed by atoms with Crippen LogP contribution in [0.1, 0.15) is 62.6 Å². The van der Waals surface area contributed by atoms with Crippen molar-refractivity contribution in [1.82, 2.24) is 25.2 Å². The highest BCUT2D eigenvalue weighted by atomic mass is 35.5. The van der Waals surface area contributed by atoms with Crippen molar-refractivity contribution < 1.29 is 13.9 Å². The molecule has 0 spiro atoms. The van der Waals surface area contributed by atoms with Gasteiger partial charge in [-0.3, -0.25) is 9.98 Å². The molecule has 1 aliphatic heterocycles. The van der Waals surface area contributed by atoms with E-state index < -0.39 is 17.3 Å². The molecule has 2 aromatic carbocycles. The molecule has 1 aliphatic rings. The summed E-state index contributed by atoms with van der Waals surface area (Å²) in [7, 11) is 0. The molecule has 0 saturated carbocycles. The van der Waals surface area contributed by atoms with Crippen molar-refractivity contribution in [2.24, 2.45) is 5.73 Å². The largest absolute Gasteiger partial charge is 0.395 e. The van der Waals surface area contributed by atoms with Crippen molar-refractivity contribution in [3.05, 3.63) is 80.9 Å². The molecule has 234 valence electrons. The van der Waals surface area contributed by atoms with E-state index in [0.29, 0.717) is 54.0 Å². The average Bonchev–Trinajstić information content (AvgIpc) is 3.40. The molecule has 1 fully saturated rings. The summed E-state index contributed by atoms with van der Waals surface area (Å²) in [4.78, 5) is 20.2. The predicted molar refractivity (Wildman–Crippen MR) is 170 cm³/mol. The third-order valence-corrected chi connectivity index (χ3v) is 8.44. The summed E-state index contributed by atoms with van der Waals surface area (Å²) >= 11 is 6.22. The highest BCUT2D eigenvalue weighted by molar-refractivity contribution is 6.31. The summed E-state index contributed by atoms with van der Waals surface area (Å²) in [5, 5.41) is 23.8. The minimum absolute atomic E-state index is 0.0254. The van der Waals surface area contributed by atoms with Gasteiger partial charge in [0, 0.05) is 47.4 Å². The SMILES string of the molecule is CC(=N)NCC[C@@H]1CCC[C@@H](c2ccc(-n3cc4cc(-c5cc(CCCC(N)CO)cc(Cl)c5F)[nH]c4nc3=O)cc2F)N1. The molecule has 4 aromatic rings. The molecule has 12 heteroatoms. The van der Waals surface area contributed by atoms with Crippen molar-refractivity contribution in [2.45, 2.75) is 70.0 Å². The number of halogens is 3. The Kier molecular flexibility index (Phi) is 10.1. The molecule has 3 atom stereocenters. The fourth-order valence-electron chi connectivity index (χ4n) is 5.84. The molecule has 2 aromatic heterocycles. The molecule has 7 N–H and O–H groups in total. The van der Waals surface area contributed by atoms with E-state index in [0.717, 1.165) is 31.2 Å². The zero-order valence-electron chi connectivity index (χ0n) is 24.6. The van der Waals surface area contributed by atoms with Gasteiger partial charge in [-0.25, -0.2) is 13.6 Å². The monoisotopic (exact) mass is 625 g/mol. The predicted octanol–water partition coefficient (Wildman–Crippen LogP) is 5.11. The van der Waals surface area contributed by atoms with Crippen LogP contribution in [-0.4, -0.2) is 50.7 Å². The highest BCUT2D eigenvalue weighted by Crippen LogP contribution is 2.32. The number of hydrogen-bond acceptors (Lipinski definition) is 6. The normalized spacial score (nSPS) is 17.6. The van der Waals surface area contributed by atoms with E-state index in [2.05, 4.69) is 20.6 Å². The lowest BCUT2D eigenvalue weighted by atomic mass is 9.91. The molecule has 1 unspecified atom stereocenters. The van der Waals surface area contributed by atoms with Crippen LogP contribution in [-0.2, 0) is 6.42 Å². The quantitative estimate of drug-likeness (QED) is 0.101. The molecule has 9 nitrogen and oxygen atoms in total. The molecule has 1 saturated heterocycles. The second-order valence-corrected chi connectivity index (χ2v) is 12.0. The zero-order valence-corrected chi connectivity index (χ0v) is 25.4. The molecule has 0 amide bonds. The van der Waals surface area contributed by atoms with Crippen LogP contribution in [0.15, 0.2) is 47.4 Å². The third-order valence-electron chi connectivity index (χ3n) is 8.16. The number of aliphatic hydroxyl groups is 1. The summed E-state index contributed by atoms with van der Waals surface area (Å²) in [6.07, 6.45) is 7.09. The van der Waals surface area contributed by atoms with Crippen molar-refractivity contribution in [3.8, 4) is 16.9 Å². The highest BCUT2D eigenvalue weighted by Gasteiger charge is 2.24. The second-order valence-electron chi connectivity index (χ2n) is 11.5. The molecular formula is C32H38ClF2N7O2. The van der Waals surface area contributed by atoms with Crippen LogP contribution in [0.25, 0.3) is 28.0 Å². The van der Waals surface area contributed by atoms with E-state index in [1.807, 2.05) is 0 Å². The Hall–Kier alpha value is -3.64. The van der Waals surface area contributed by atoms with Crippen LogP contribution in [0.5, 0.6) is 0 Å². The van der Waals surface area contributed by atoms with Gasteiger partial charge in [0.25, 0.3) is 0 Å². The average molecular weight is 626 g/mol. The molecule has 5 rings (SSSR count). The van der Waals surface area contributed by atoms with Crippen LogP contribution >= 0.6 is 11.6 Å². The third kappa shape index (κ3) is 7.35. The maximum absolute atomic E-state index is 15.5. The Morgan fingerprint density at radius 3 is 2.84 bits per heavy atom. The minimum atomic E-state index is -0.602. The number of amidine groups is 1. The number of aromatic nitrogens is 3. The molecule has 3 heterocycles. The molecule has 0 radical (unpaired) electrons. The number of piperidine rings is 1. The van der Waals surface area contributed by atoms with Crippen LogP contribution in [0, 0.1) is 17.0 Å². The number of nitrogens with two attached hydrogens (primary N) is 1. The number of benzene rings is 2. The minimum Gasteiger partial charge on any atom is -0.395 e. The van der Waals surface area contributed by atoms with E-state index in [1.54, 1.807) is 43.5 Å². The van der Waals surface area contributed by atoms with Gasteiger partial charge in [0.2, 0.25) is 0 Å². The Balaban J connectivity index is 1.37. The summed E-state index contributed by atoms with van der Waals surface area (Å²) < 4.78 is 31.9. The second kappa shape index (κ2) is 14.0. The van der Waals surface area contributed by atoms with Gasteiger partial charge in [-0.05, 0) is 81.3 Å². The van der Waals surface area contributed by atoms with E-state index >= 15 is 8.78 Å². The van der Waals surface area contributed by atoms with E-state index in [4.69, 9.17) is 27.9 Å². The summed E-state index contributed by atoms with van der Waals surface area (Å²) in [5.41, 5.74) is 7.82. The fourth-order valence-corrected chi connectivity index (χ4v) is 6.09.